The minimum absolute atomic E-state index is 0.334. The normalized spacial score (nSPS) is 11.1. The molecule has 0 amide bonds. The van der Waals surface area contributed by atoms with E-state index in [1.54, 1.807) is 13.1 Å². The first-order valence-corrected chi connectivity index (χ1v) is 8.33. The highest BCUT2D eigenvalue weighted by molar-refractivity contribution is 6.16. The second-order valence-corrected chi connectivity index (χ2v) is 5.96. The van der Waals surface area contributed by atoms with Crippen LogP contribution in [-0.2, 0) is 4.74 Å². The topological polar surface area (TPSA) is 55.0 Å². The summed E-state index contributed by atoms with van der Waals surface area (Å²) in [5.74, 6) is -0.381. The molecular formula is C21H18N2O2. The van der Waals surface area contributed by atoms with Gasteiger partial charge in [-0.1, -0.05) is 42.5 Å². The van der Waals surface area contributed by atoms with E-state index in [-0.39, 0.29) is 5.97 Å². The van der Waals surface area contributed by atoms with E-state index in [9.17, 15) is 4.79 Å². The Hall–Kier alpha value is -3.14. The molecule has 124 valence electrons. The number of benzene rings is 2. The molecule has 0 atom stereocenters. The van der Waals surface area contributed by atoms with Gasteiger partial charge in [-0.25, -0.2) is 9.78 Å². The van der Waals surface area contributed by atoms with Crippen LogP contribution in [0.5, 0.6) is 0 Å². The Morgan fingerprint density at radius 2 is 1.84 bits per heavy atom. The van der Waals surface area contributed by atoms with Crippen molar-refractivity contribution < 1.29 is 9.53 Å². The maximum absolute atomic E-state index is 12.2. The van der Waals surface area contributed by atoms with E-state index in [0.717, 1.165) is 38.5 Å². The first-order valence-electron chi connectivity index (χ1n) is 8.33. The highest BCUT2D eigenvalue weighted by Gasteiger charge is 2.19. The van der Waals surface area contributed by atoms with Crippen LogP contribution in [0.2, 0.25) is 0 Å². The molecule has 4 heteroatoms. The van der Waals surface area contributed by atoms with Crippen molar-refractivity contribution in [2.75, 3.05) is 6.61 Å². The second kappa shape index (κ2) is 6.06. The van der Waals surface area contributed by atoms with Crippen LogP contribution in [0.3, 0.4) is 0 Å². The number of hydrogen-bond acceptors (Lipinski definition) is 3. The number of fused-ring (bicyclic) bond motifs is 3. The van der Waals surface area contributed by atoms with E-state index in [0.29, 0.717) is 12.3 Å². The van der Waals surface area contributed by atoms with Crippen LogP contribution in [-0.4, -0.2) is 22.5 Å². The zero-order valence-electron chi connectivity index (χ0n) is 14.2. The summed E-state index contributed by atoms with van der Waals surface area (Å²) in [6.45, 7) is 4.06. The van der Waals surface area contributed by atoms with Crippen molar-refractivity contribution in [2.45, 2.75) is 13.8 Å². The summed E-state index contributed by atoms with van der Waals surface area (Å²) in [6.07, 6.45) is 1.71. The van der Waals surface area contributed by atoms with Crippen LogP contribution < -0.4 is 0 Å². The summed E-state index contributed by atoms with van der Waals surface area (Å²) in [7, 11) is 0. The average Bonchev–Trinajstić information content (AvgIpc) is 3.02. The molecule has 0 aliphatic carbocycles. The van der Waals surface area contributed by atoms with Crippen molar-refractivity contribution in [1.29, 1.82) is 0 Å². The van der Waals surface area contributed by atoms with Gasteiger partial charge in [0.25, 0.3) is 0 Å². The molecule has 25 heavy (non-hydrogen) atoms. The van der Waals surface area contributed by atoms with Crippen molar-refractivity contribution in [2.24, 2.45) is 0 Å². The molecule has 0 unspecified atom stereocenters. The SMILES string of the molecule is CCOC(=O)c1ncc2[nH]c3cccc(-c4ccccc4)c3c2c1C. The lowest BCUT2D eigenvalue weighted by atomic mass is 9.97. The van der Waals surface area contributed by atoms with E-state index < -0.39 is 0 Å². The van der Waals surface area contributed by atoms with Crippen molar-refractivity contribution in [3.63, 3.8) is 0 Å². The first kappa shape index (κ1) is 15.4. The predicted molar refractivity (Wildman–Crippen MR) is 99.7 cm³/mol. The Morgan fingerprint density at radius 1 is 1.04 bits per heavy atom. The number of aryl methyl sites for hydroxylation is 1. The molecule has 0 aliphatic heterocycles. The van der Waals surface area contributed by atoms with E-state index in [2.05, 4.69) is 28.2 Å². The summed E-state index contributed by atoms with van der Waals surface area (Å²) in [4.78, 5) is 20.0. The lowest BCUT2D eigenvalue weighted by molar-refractivity contribution is 0.0519. The van der Waals surface area contributed by atoms with Crippen molar-refractivity contribution in [3.8, 4) is 11.1 Å². The second-order valence-electron chi connectivity index (χ2n) is 5.96. The van der Waals surface area contributed by atoms with Gasteiger partial charge in [0.1, 0.15) is 0 Å². The Balaban J connectivity index is 2.06. The fourth-order valence-electron chi connectivity index (χ4n) is 3.36. The number of nitrogens with zero attached hydrogens (tertiary/aromatic N) is 1. The van der Waals surface area contributed by atoms with Crippen LogP contribution >= 0.6 is 0 Å². The number of carbonyl (C=O) groups is 1. The lowest BCUT2D eigenvalue weighted by Gasteiger charge is -2.08. The summed E-state index contributed by atoms with van der Waals surface area (Å²) < 4.78 is 5.15. The Kier molecular flexibility index (Phi) is 3.73. The van der Waals surface area contributed by atoms with Gasteiger partial charge in [-0.15, -0.1) is 0 Å². The minimum atomic E-state index is -0.381. The van der Waals surface area contributed by atoms with Crippen LogP contribution in [0.1, 0.15) is 23.0 Å². The Bertz CT molecular complexity index is 1080. The van der Waals surface area contributed by atoms with E-state index in [1.807, 2.05) is 37.3 Å². The lowest BCUT2D eigenvalue weighted by Crippen LogP contribution is -2.09. The van der Waals surface area contributed by atoms with E-state index in [4.69, 9.17) is 4.74 Å². The van der Waals surface area contributed by atoms with Gasteiger partial charge in [0.15, 0.2) is 5.69 Å². The standard InChI is InChI=1S/C21H18N2O2/c1-3-25-21(24)20-13(2)18-17(12-22-20)23-16-11-7-10-15(19(16)18)14-8-5-4-6-9-14/h4-12,23H,3H2,1-2H3. The van der Waals surface area contributed by atoms with Gasteiger partial charge >= 0.3 is 5.97 Å². The van der Waals surface area contributed by atoms with Crippen molar-refractivity contribution in [3.05, 3.63) is 66.0 Å². The number of ether oxygens (including phenoxy) is 1. The van der Waals surface area contributed by atoms with Gasteiger partial charge in [-0.3, -0.25) is 0 Å². The molecule has 0 aliphatic rings. The summed E-state index contributed by atoms with van der Waals surface area (Å²) in [6, 6.07) is 16.4. The number of pyridine rings is 1. The minimum Gasteiger partial charge on any atom is -0.461 e. The fraction of sp³-hybridized carbons (Fsp3) is 0.143. The largest absolute Gasteiger partial charge is 0.461 e. The molecule has 2 aromatic carbocycles. The summed E-state index contributed by atoms with van der Waals surface area (Å²) >= 11 is 0. The monoisotopic (exact) mass is 330 g/mol. The first-order chi connectivity index (χ1) is 12.2. The van der Waals surface area contributed by atoms with Gasteiger partial charge in [0, 0.05) is 16.3 Å². The van der Waals surface area contributed by atoms with Crippen LogP contribution in [0.25, 0.3) is 32.9 Å². The molecule has 2 aromatic heterocycles. The quantitative estimate of drug-likeness (QED) is 0.545. The van der Waals surface area contributed by atoms with E-state index >= 15 is 0 Å². The molecule has 4 aromatic rings. The third-order valence-electron chi connectivity index (χ3n) is 4.46. The van der Waals surface area contributed by atoms with Gasteiger partial charge in [-0.05, 0) is 36.6 Å². The zero-order valence-corrected chi connectivity index (χ0v) is 14.2. The predicted octanol–water partition coefficient (Wildman–Crippen LogP) is 4.87. The van der Waals surface area contributed by atoms with Gasteiger partial charge in [-0.2, -0.15) is 0 Å². The molecule has 0 fully saturated rings. The molecule has 0 spiro atoms. The van der Waals surface area contributed by atoms with Crippen LogP contribution in [0, 0.1) is 6.92 Å². The summed E-state index contributed by atoms with van der Waals surface area (Å²) in [5.41, 5.74) is 5.44. The highest BCUT2D eigenvalue weighted by Crippen LogP contribution is 2.36. The summed E-state index contributed by atoms with van der Waals surface area (Å²) in [5, 5.41) is 2.13. The number of esters is 1. The van der Waals surface area contributed by atoms with Gasteiger partial charge in [0.05, 0.1) is 18.3 Å². The number of carbonyl (C=O) groups excluding carboxylic acids is 1. The maximum atomic E-state index is 12.2. The molecular weight excluding hydrogens is 312 g/mol. The molecule has 4 rings (SSSR count). The van der Waals surface area contributed by atoms with Crippen LogP contribution in [0.15, 0.2) is 54.7 Å². The number of rotatable bonds is 3. The van der Waals surface area contributed by atoms with E-state index in [1.165, 1.54) is 0 Å². The Morgan fingerprint density at radius 3 is 2.60 bits per heavy atom. The number of nitrogens with one attached hydrogen (secondary N) is 1. The Labute approximate surface area is 145 Å². The number of H-pyrrole nitrogens is 1. The van der Waals surface area contributed by atoms with Crippen molar-refractivity contribution >= 4 is 27.8 Å². The number of aromatic nitrogens is 2. The molecule has 4 nitrogen and oxygen atoms in total. The zero-order chi connectivity index (χ0) is 17.4. The molecule has 0 radical (unpaired) electrons. The molecule has 0 saturated heterocycles. The van der Waals surface area contributed by atoms with Crippen molar-refractivity contribution in [1.82, 2.24) is 9.97 Å². The third kappa shape index (κ3) is 2.47. The van der Waals surface area contributed by atoms with Gasteiger partial charge < -0.3 is 9.72 Å². The number of hydrogen-bond donors (Lipinski definition) is 1. The third-order valence-corrected chi connectivity index (χ3v) is 4.46. The van der Waals surface area contributed by atoms with Crippen LogP contribution in [0.4, 0.5) is 0 Å². The molecule has 0 saturated carbocycles. The number of aromatic amines is 1. The smallest absolute Gasteiger partial charge is 0.357 e. The molecule has 2 heterocycles. The molecule has 0 bridgehead atoms. The average molecular weight is 330 g/mol. The van der Waals surface area contributed by atoms with Gasteiger partial charge in [0.2, 0.25) is 0 Å². The fourth-order valence-corrected chi connectivity index (χ4v) is 3.36. The molecule has 1 N–H and O–H groups in total. The highest BCUT2D eigenvalue weighted by atomic mass is 16.5. The maximum Gasteiger partial charge on any atom is 0.357 e.